The highest BCUT2D eigenvalue weighted by molar-refractivity contribution is 6.30. The predicted molar refractivity (Wildman–Crippen MR) is 78.0 cm³/mol. The Hall–Kier alpha value is -1.39. The van der Waals surface area contributed by atoms with E-state index in [0.29, 0.717) is 18.4 Å². The lowest BCUT2D eigenvalue weighted by Gasteiger charge is -2.25. The average molecular weight is 292 g/mol. The standard InChI is InChI=1S/C15H18ClN3O/c1-10-8-12(6-7-17-10)15-18-14(19-20-15)9-11-2-4-13(16)5-3-11/h2-5,10,12,17H,6-9H2,1H3/t10-,12-/m0/s1. The molecule has 1 aliphatic rings. The molecule has 1 aromatic heterocycles. The van der Waals surface area contributed by atoms with Gasteiger partial charge in [0, 0.05) is 23.4 Å². The molecular formula is C15H18ClN3O. The summed E-state index contributed by atoms with van der Waals surface area (Å²) in [5, 5.41) is 8.27. The summed E-state index contributed by atoms with van der Waals surface area (Å²) in [6, 6.07) is 8.26. The molecule has 0 saturated carbocycles. The van der Waals surface area contributed by atoms with Crippen LogP contribution in [-0.4, -0.2) is 22.7 Å². The Bertz CT molecular complexity index is 567. The zero-order valence-electron chi connectivity index (χ0n) is 11.5. The Kier molecular flexibility index (Phi) is 4.03. The topological polar surface area (TPSA) is 51.0 Å². The van der Waals surface area contributed by atoms with Crippen LogP contribution in [0.2, 0.25) is 5.02 Å². The number of rotatable bonds is 3. The lowest BCUT2D eigenvalue weighted by atomic mass is 9.93. The normalized spacial score (nSPS) is 22.9. The van der Waals surface area contributed by atoms with Crippen molar-refractivity contribution < 1.29 is 4.52 Å². The summed E-state index contributed by atoms with van der Waals surface area (Å²) in [5.74, 6) is 1.91. The van der Waals surface area contributed by atoms with Crippen LogP contribution < -0.4 is 5.32 Å². The largest absolute Gasteiger partial charge is 0.339 e. The van der Waals surface area contributed by atoms with Crippen LogP contribution in [0, 0.1) is 0 Å². The molecule has 3 rings (SSSR count). The minimum absolute atomic E-state index is 0.387. The number of hydrogen-bond donors (Lipinski definition) is 1. The van der Waals surface area contributed by atoms with Gasteiger partial charge in [-0.15, -0.1) is 0 Å². The molecule has 0 unspecified atom stereocenters. The second kappa shape index (κ2) is 5.94. The van der Waals surface area contributed by atoms with Gasteiger partial charge in [-0.05, 0) is 44.0 Å². The summed E-state index contributed by atoms with van der Waals surface area (Å²) in [6.07, 6.45) is 2.80. The Labute approximate surface area is 123 Å². The molecule has 2 aromatic rings. The first kappa shape index (κ1) is 13.6. The maximum Gasteiger partial charge on any atom is 0.229 e. The molecule has 106 valence electrons. The molecule has 0 amide bonds. The van der Waals surface area contributed by atoms with Crippen LogP contribution in [-0.2, 0) is 6.42 Å². The molecule has 5 heteroatoms. The molecule has 20 heavy (non-hydrogen) atoms. The second-order valence-electron chi connectivity index (χ2n) is 5.43. The summed E-state index contributed by atoms with van der Waals surface area (Å²) < 4.78 is 5.43. The number of nitrogens with one attached hydrogen (secondary N) is 1. The first-order valence-corrected chi connectivity index (χ1v) is 7.39. The quantitative estimate of drug-likeness (QED) is 0.944. The van der Waals surface area contributed by atoms with E-state index < -0.39 is 0 Å². The molecule has 0 spiro atoms. The van der Waals surface area contributed by atoms with E-state index >= 15 is 0 Å². The fourth-order valence-electron chi connectivity index (χ4n) is 2.65. The van der Waals surface area contributed by atoms with Gasteiger partial charge >= 0.3 is 0 Å². The molecule has 2 heterocycles. The van der Waals surface area contributed by atoms with Crippen molar-refractivity contribution in [1.82, 2.24) is 15.5 Å². The fraction of sp³-hybridized carbons (Fsp3) is 0.467. The number of aromatic nitrogens is 2. The molecule has 1 N–H and O–H groups in total. The minimum Gasteiger partial charge on any atom is -0.339 e. The van der Waals surface area contributed by atoms with Crippen molar-refractivity contribution in [2.45, 2.75) is 38.1 Å². The van der Waals surface area contributed by atoms with E-state index in [1.165, 1.54) is 0 Å². The molecule has 2 atom stereocenters. The molecular weight excluding hydrogens is 274 g/mol. The van der Waals surface area contributed by atoms with Crippen molar-refractivity contribution in [1.29, 1.82) is 0 Å². The second-order valence-corrected chi connectivity index (χ2v) is 5.86. The number of piperidine rings is 1. The summed E-state index contributed by atoms with van der Waals surface area (Å²) in [4.78, 5) is 4.55. The molecule has 1 saturated heterocycles. The van der Waals surface area contributed by atoms with Gasteiger partial charge in [0.25, 0.3) is 0 Å². The van der Waals surface area contributed by atoms with Crippen LogP contribution in [0.1, 0.15) is 43.0 Å². The van der Waals surface area contributed by atoms with E-state index in [0.717, 1.165) is 41.7 Å². The molecule has 1 aliphatic heterocycles. The fourth-order valence-corrected chi connectivity index (χ4v) is 2.77. The SMILES string of the molecule is C[C@H]1C[C@@H](c2nc(Cc3ccc(Cl)cc3)no2)CCN1. The van der Waals surface area contributed by atoms with Crippen molar-refractivity contribution in [2.75, 3.05) is 6.54 Å². The zero-order valence-corrected chi connectivity index (χ0v) is 12.2. The van der Waals surface area contributed by atoms with Crippen molar-refractivity contribution >= 4 is 11.6 Å². The van der Waals surface area contributed by atoms with Crippen molar-refractivity contribution in [3.05, 3.63) is 46.6 Å². The third-order valence-electron chi connectivity index (χ3n) is 3.73. The zero-order chi connectivity index (χ0) is 13.9. The molecule has 0 bridgehead atoms. The van der Waals surface area contributed by atoms with Crippen LogP contribution in [0.15, 0.2) is 28.8 Å². The van der Waals surface area contributed by atoms with E-state index in [1.807, 2.05) is 24.3 Å². The van der Waals surface area contributed by atoms with Gasteiger partial charge in [-0.2, -0.15) is 4.98 Å². The molecule has 1 aromatic carbocycles. The van der Waals surface area contributed by atoms with Gasteiger partial charge in [-0.25, -0.2) is 0 Å². The number of halogens is 1. The minimum atomic E-state index is 0.387. The van der Waals surface area contributed by atoms with Crippen LogP contribution in [0.25, 0.3) is 0 Å². The molecule has 0 radical (unpaired) electrons. The van der Waals surface area contributed by atoms with Crippen molar-refractivity contribution in [3.8, 4) is 0 Å². The highest BCUT2D eigenvalue weighted by Crippen LogP contribution is 2.26. The Morgan fingerprint density at radius 3 is 2.90 bits per heavy atom. The van der Waals surface area contributed by atoms with E-state index in [9.17, 15) is 0 Å². The van der Waals surface area contributed by atoms with Gasteiger partial charge in [-0.1, -0.05) is 28.9 Å². The number of nitrogens with zero attached hydrogens (tertiary/aromatic N) is 2. The van der Waals surface area contributed by atoms with Crippen molar-refractivity contribution in [2.24, 2.45) is 0 Å². The third-order valence-corrected chi connectivity index (χ3v) is 3.98. The molecule has 1 fully saturated rings. The van der Waals surface area contributed by atoms with E-state index in [1.54, 1.807) is 0 Å². The predicted octanol–water partition coefficient (Wildman–Crippen LogP) is 3.17. The number of benzene rings is 1. The highest BCUT2D eigenvalue weighted by atomic mass is 35.5. The maximum absolute atomic E-state index is 5.88. The Morgan fingerprint density at radius 2 is 2.15 bits per heavy atom. The number of hydrogen-bond acceptors (Lipinski definition) is 4. The molecule has 4 nitrogen and oxygen atoms in total. The van der Waals surface area contributed by atoms with E-state index in [-0.39, 0.29) is 0 Å². The van der Waals surface area contributed by atoms with Gasteiger partial charge in [-0.3, -0.25) is 0 Å². The monoisotopic (exact) mass is 291 g/mol. The summed E-state index contributed by atoms with van der Waals surface area (Å²) in [5.41, 5.74) is 1.14. The molecule has 0 aliphatic carbocycles. The average Bonchev–Trinajstić information content (AvgIpc) is 2.90. The van der Waals surface area contributed by atoms with Gasteiger partial charge in [0.15, 0.2) is 5.82 Å². The van der Waals surface area contributed by atoms with E-state index in [2.05, 4.69) is 22.4 Å². The van der Waals surface area contributed by atoms with Crippen molar-refractivity contribution in [3.63, 3.8) is 0 Å². The van der Waals surface area contributed by atoms with Gasteiger partial charge in [0.05, 0.1) is 0 Å². The van der Waals surface area contributed by atoms with Gasteiger partial charge in [0.2, 0.25) is 5.89 Å². The Balaban J connectivity index is 1.68. The smallest absolute Gasteiger partial charge is 0.229 e. The first-order valence-electron chi connectivity index (χ1n) is 7.01. The Morgan fingerprint density at radius 1 is 1.35 bits per heavy atom. The lowest BCUT2D eigenvalue weighted by molar-refractivity contribution is 0.294. The lowest BCUT2D eigenvalue weighted by Crippen LogP contribution is -2.34. The van der Waals surface area contributed by atoms with Crippen LogP contribution in [0.5, 0.6) is 0 Å². The van der Waals surface area contributed by atoms with E-state index in [4.69, 9.17) is 16.1 Å². The highest BCUT2D eigenvalue weighted by Gasteiger charge is 2.24. The summed E-state index contributed by atoms with van der Waals surface area (Å²) in [7, 11) is 0. The van der Waals surface area contributed by atoms with Gasteiger partial charge in [0.1, 0.15) is 0 Å². The first-order chi connectivity index (χ1) is 9.70. The van der Waals surface area contributed by atoms with Crippen LogP contribution in [0.3, 0.4) is 0 Å². The summed E-state index contributed by atoms with van der Waals surface area (Å²) in [6.45, 7) is 3.21. The summed E-state index contributed by atoms with van der Waals surface area (Å²) >= 11 is 5.88. The van der Waals surface area contributed by atoms with Crippen LogP contribution in [0.4, 0.5) is 0 Å². The van der Waals surface area contributed by atoms with Gasteiger partial charge < -0.3 is 9.84 Å². The maximum atomic E-state index is 5.88. The third kappa shape index (κ3) is 3.19. The van der Waals surface area contributed by atoms with Crippen LogP contribution >= 0.6 is 11.6 Å².